The lowest BCUT2D eigenvalue weighted by Crippen LogP contribution is -2.53. The van der Waals surface area contributed by atoms with Gasteiger partial charge in [0, 0.05) is 54.1 Å². The van der Waals surface area contributed by atoms with Crippen molar-refractivity contribution in [1.29, 1.82) is 0 Å². The van der Waals surface area contributed by atoms with Crippen LogP contribution in [0.1, 0.15) is 56.7 Å². The van der Waals surface area contributed by atoms with Crippen LogP contribution >= 0.6 is 0 Å². The molecular weight excluding hydrogens is 422 g/mol. The first-order chi connectivity index (χ1) is 16.4. The number of anilines is 1. The van der Waals surface area contributed by atoms with Crippen molar-refractivity contribution in [2.75, 3.05) is 25.0 Å². The molecule has 4 aromatic heterocycles. The van der Waals surface area contributed by atoms with E-state index in [1.54, 1.807) is 0 Å². The van der Waals surface area contributed by atoms with Gasteiger partial charge < -0.3 is 15.2 Å². The Bertz CT molecular complexity index is 1370. The number of aryl methyl sites for hydroxylation is 1. The molecule has 0 amide bonds. The predicted octanol–water partition coefficient (Wildman–Crippen LogP) is 4.97. The molecule has 176 valence electrons. The van der Waals surface area contributed by atoms with Gasteiger partial charge in [-0.15, -0.1) is 0 Å². The van der Waals surface area contributed by atoms with Crippen LogP contribution in [0.3, 0.4) is 0 Å². The molecule has 6 rings (SSSR count). The third-order valence-electron chi connectivity index (χ3n) is 7.95. The molecule has 2 N–H and O–H groups in total. The summed E-state index contributed by atoms with van der Waals surface area (Å²) in [6, 6.07) is 4.54. The number of aromatic nitrogens is 5. The number of nitrogens with zero attached hydrogens (tertiary/aromatic N) is 5. The zero-order chi connectivity index (χ0) is 23.4. The molecule has 1 saturated carbocycles. The molecule has 2 aliphatic rings. The van der Waals surface area contributed by atoms with Gasteiger partial charge in [0.05, 0.1) is 11.7 Å². The summed E-state index contributed by atoms with van der Waals surface area (Å²) in [7, 11) is 2.22. The fourth-order valence-electron chi connectivity index (χ4n) is 5.87. The third-order valence-corrected chi connectivity index (χ3v) is 7.95. The molecule has 1 aliphatic heterocycles. The maximum absolute atomic E-state index is 5.30. The van der Waals surface area contributed by atoms with Crippen molar-refractivity contribution in [3.8, 4) is 11.4 Å². The zero-order valence-corrected chi connectivity index (χ0v) is 20.5. The first-order valence-electron chi connectivity index (χ1n) is 12.5. The zero-order valence-electron chi connectivity index (χ0n) is 20.5. The summed E-state index contributed by atoms with van der Waals surface area (Å²) in [5.74, 6) is 2.32. The molecule has 0 aromatic carbocycles. The van der Waals surface area contributed by atoms with E-state index in [2.05, 4.69) is 65.3 Å². The number of H-pyrrole nitrogens is 1. The van der Waals surface area contributed by atoms with Crippen molar-refractivity contribution >= 4 is 27.8 Å². The van der Waals surface area contributed by atoms with Gasteiger partial charge in [-0.1, -0.05) is 20.3 Å². The lowest BCUT2D eigenvalue weighted by molar-refractivity contribution is 0.215. The maximum Gasteiger partial charge on any atom is 0.163 e. The lowest BCUT2D eigenvalue weighted by Gasteiger charge is -2.45. The van der Waals surface area contributed by atoms with E-state index < -0.39 is 0 Å². The van der Waals surface area contributed by atoms with Gasteiger partial charge in [-0.25, -0.2) is 15.0 Å². The Morgan fingerprint density at radius 2 is 1.97 bits per heavy atom. The summed E-state index contributed by atoms with van der Waals surface area (Å²) in [6.45, 7) is 8.80. The molecule has 1 saturated heterocycles. The first kappa shape index (κ1) is 21.5. The Morgan fingerprint density at radius 3 is 2.74 bits per heavy atom. The van der Waals surface area contributed by atoms with Crippen LogP contribution in [-0.4, -0.2) is 51.1 Å². The van der Waals surface area contributed by atoms with E-state index in [1.165, 1.54) is 30.2 Å². The fraction of sp³-hybridized carbons (Fsp3) is 0.481. The van der Waals surface area contributed by atoms with Crippen LogP contribution < -0.4 is 10.2 Å². The second-order valence-electron chi connectivity index (χ2n) is 10.8. The van der Waals surface area contributed by atoms with Crippen LogP contribution in [0.15, 0.2) is 30.7 Å². The van der Waals surface area contributed by atoms with Crippen molar-refractivity contribution in [3.05, 3.63) is 42.0 Å². The molecule has 1 atom stereocenters. The number of pyridine rings is 2. The molecule has 7 heteroatoms. The van der Waals surface area contributed by atoms with Crippen LogP contribution in [0.25, 0.3) is 33.3 Å². The van der Waals surface area contributed by atoms with Gasteiger partial charge in [-0.05, 0) is 61.8 Å². The van der Waals surface area contributed by atoms with E-state index in [0.29, 0.717) is 12.0 Å². The van der Waals surface area contributed by atoms with Crippen LogP contribution in [0.5, 0.6) is 0 Å². The molecule has 0 spiro atoms. The normalized spacial score (nSPS) is 20.5. The van der Waals surface area contributed by atoms with E-state index in [-0.39, 0.29) is 5.41 Å². The van der Waals surface area contributed by atoms with Gasteiger partial charge in [0.1, 0.15) is 11.5 Å². The highest BCUT2D eigenvalue weighted by Crippen LogP contribution is 2.43. The van der Waals surface area contributed by atoms with Gasteiger partial charge in [0.15, 0.2) is 5.82 Å². The topological polar surface area (TPSA) is 82.6 Å². The van der Waals surface area contributed by atoms with Crippen molar-refractivity contribution < 1.29 is 0 Å². The Labute approximate surface area is 200 Å². The monoisotopic (exact) mass is 455 g/mol. The standard InChI is InChI=1S/C27H33N7/c1-16-12-19-18(8-11-30-24(19)31-16)25-32-21-14-29-13-20(17-6-5-7-17)23(21)26(33-25)34(4)22-9-10-28-15-27(22,2)3/h8,11-14,17,22,28H,5-7,9-10,15H2,1-4H3,(H,30,31). The summed E-state index contributed by atoms with van der Waals surface area (Å²) >= 11 is 0. The first-order valence-corrected chi connectivity index (χ1v) is 12.5. The van der Waals surface area contributed by atoms with Crippen molar-refractivity contribution in [3.63, 3.8) is 0 Å². The lowest BCUT2D eigenvalue weighted by atomic mass is 9.78. The Balaban J connectivity index is 1.59. The Kier molecular flexibility index (Phi) is 5.06. The average molecular weight is 456 g/mol. The molecule has 2 fully saturated rings. The van der Waals surface area contributed by atoms with Crippen molar-refractivity contribution in [2.24, 2.45) is 5.41 Å². The van der Waals surface area contributed by atoms with Gasteiger partial charge >= 0.3 is 0 Å². The van der Waals surface area contributed by atoms with Crippen LogP contribution in [0, 0.1) is 12.3 Å². The quantitative estimate of drug-likeness (QED) is 0.452. The maximum atomic E-state index is 5.30. The summed E-state index contributed by atoms with van der Waals surface area (Å²) < 4.78 is 0. The number of aromatic amines is 1. The summed E-state index contributed by atoms with van der Waals surface area (Å²) in [5, 5.41) is 5.81. The highest BCUT2D eigenvalue weighted by Gasteiger charge is 2.37. The number of nitrogens with one attached hydrogen (secondary N) is 2. The molecule has 1 unspecified atom stereocenters. The highest BCUT2D eigenvalue weighted by atomic mass is 15.2. The van der Waals surface area contributed by atoms with E-state index >= 15 is 0 Å². The second kappa shape index (κ2) is 8.01. The van der Waals surface area contributed by atoms with E-state index in [9.17, 15) is 0 Å². The van der Waals surface area contributed by atoms with Gasteiger partial charge in [0.2, 0.25) is 0 Å². The Morgan fingerprint density at radius 1 is 1.12 bits per heavy atom. The Hall–Kier alpha value is -3.06. The van der Waals surface area contributed by atoms with Gasteiger partial charge in [-0.3, -0.25) is 4.98 Å². The van der Waals surface area contributed by atoms with Crippen LogP contribution in [0.4, 0.5) is 5.82 Å². The van der Waals surface area contributed by atoms with Crippen LogP contribution in [-0.2, 0) is 0 Å². The van der Waals surface area contributed by atoms with Crippen LogP contribution in [0.2, 0.25) is 0 Å². The molecular formula is C27H33N7. The number of hydrogen-bond acceptors (Lipinski definition) is 6. The number of piperidine rings is 1. The van der Waals surface area contributed by atoms with E-state index in [0.717, 1.165) is 59.0 Å². The minimum atomic E-state index is 0.135. The fourth-order valence-corrected chi connectivity index (χ4v) is 5.87. The SMILES string of the molecule is Cc1cc2c(-c3nc(N(C)C4CCNCC4(C)C)c4c(C5CCC5)cncc4n3)ccnc2[nH]1. The minimum Gasteiger partial charge on any atom is -0.355 e. The molecule has 0 radical (unpaired) electrons. The third kappa shape index (κ3) is 3.45. The largest absolute Gasteiger partial charge is 0.355 e. The van der Waals surface area contributed by atoms with E-state index in [4.69, 9.17) is 9.97 Å². The second-order valence-corrected chi connectivity index (χ2v) is 10.8. The van der Waals surface area contributed by atoms with Crippen molar-refractivity contribution in [2.45, 2.75) is 58.4 Å². The van der Waals surface area contributed by atoms with Crippen molar-refractivity contribution in [1.82, 2.24) is 30.2 Å². The molecule has 34 heavy (non-hydrogen) atoms. The molecule has 0 bridgehead atoms. The molecule has 7 nitrogen and oxygen atoms in total. The molecule has 1 aliphatic carbocycles. The summed E-state index contributed by atoms with van der Waals surface area (Å²) in [5.41, 5.74) is 5.33. The van der Waals surface area contributed by atoms with Gasteiger partial charge in [-0.2, -0.15) is 0 Å². The molecule has 5 heterocycles. The average Bonchev–Trinajstić information content (AvgIpc) is 3.17. The number of rotatable bonds is 4. The number of hydrogen-bond donors (Lipinski definition) is 2. The number of fused-ring (bicyclic) bond motifs is 2. The minimum absolute atomic E-state index is 0.135. The summed E-state index contributed by atoms with van der Waals surface area (Å²) in [6.07, 6.45) is 10.6. The summed E-state index contributed by atoms with van der Waals surface area (Å²) in [4.78, 5) is 25.3. The highest BCUT2D eigenvalue weighted by molar-refractivity contribution is 5.97. The molecule has 4 aromatic rings. The smallest absolute Gasteiger partial charge is 0.163 e. The predicted molar refractivity (Wildman–Crippen MR) is 137 cm³/mol. The van der Waals surface area contributed by atoms with Gasteiger partial charge in [0.25, 0.3) is 0 Å². The van der Waals surface area contributed by atoms with E-state index in [1.807, 2.05) is 18.5 Å².